The lowest BCUT2D eigenvalue weighted by Gasteiger charge is -2.25. The summed E-state index contributed by atoms with van der Waals surface area (Å²) in [5.74, 6) is -0.698. The first-order valence-electron chi connectivity index (χ1n) is 10.7. The van der Waals surface area contributed by atoms with Crippen molar-refractivity contribution in [1.82, 2.24) is 4.90 Å². The summed E-state index contributed by atoms with van der Waals surface area (Å²) in [6, 6.07) is 10.4. The van der Waals surface area contributed by atoms with Crippen LogP contribution >= 0.6 is 0 Å². The highest BCUT2D eigenvalue weighted by atomic mass is 16.5. The summed E-state index contributed by atoms with van der Waals surface area (Å²) < 4.78 is 16.0. The third-order valence-corrected chi connectivity index (χ3v) is 5.31. The van der Waals surface area contributed by atoms with Crippen LogP contribution < -0.4 is 9.47 Å². The Hall–Kier alpha value is -3.52. The van der Waals surface area contributed by atoms with Gasteiger partial charge in [0.1, 0.15) is 11.5 Å². The number of Topliss-reactive ketones (excluding diaryl/α,β-unsaturated/α-hetero) is 1. The van der Waals surface area contributed by atoms with E-state index in [9.17, 15) is 19.8 Å². The van der Waals surface area contributed by atoms with Crippen LogP contribution in [0.15, 0.2) is 48.0 Å². The third kappa shape index (κ3) is 5.12. The molecule has 0 radical (unpaired) electrons. The molecule has 1 fully saturated rings. The first-order chi connectivity index (χ1) is 15.8. The number of aromatic hydroxyl groups is 1. The monoisotopic (exact) mass is 455 g/mol. The Balaban J connectivity index is 2.07. The Labute approximate surface area is 193 Å². The molecule has 2 aromatic rings. The first-order valence-corrected chi connectivity index (χ1v) is 10.7. The summed E-state index contributed by atoms with van der Waals surface area (Å²) in [6.45, 7) is 5.00. The number of amides is 1. The number of ether oxygens (including phenoxy) is 3. The van der Waals surface area contributed by atoms with Gasteiger partial charge in [0.15, 0.2) is 11.5 Å². The standard InChI is InChI=1S/C25H29NO7/c1-15(2)14-33-18-8-5-16(6-9-18)23(28)21-22(17-7-10-19(27)20(13-17)32-4)26(11-12-31-3)25(30)24(21)29/h5-10,13,15,22,27-28H,11-12,14H2,1-4H3/t22-/m1/s1. The molecule has 1 amide bonds. The molecule has 2 aromatic carbocycles. The molecule has 176 valence electrons. The zero-order chi connectivity index (χ0) is 24.1. The number of benzene rings is 2. The van der Waals surface area contributed by atoms with Crippen LogP contribution in [0, 0.1) is 5.92 Å². The zero-order valence-electron chi connectivity index (χ0n) is 19.2. The van der Waals surface area contributed by atoms with Gasteiger partial charge in [0, 0.05) is 19.2 Å². The van der Waals surface area contributed by atoms with E-state index >= 15 is 0 Å². The summed E-state index contributed by atoms with van der Waals surface area (Å²) in [6.07, 6.45) is 0. The maximum absolute atomic E-state index is 13.0. The van der Waals surface area contributed by atoms with Crippen molar-refractivity contribution in [2.24, 2.45) is 5.92 Å². The molecule has 3 rings (SSSR count). The Morgan fingerprint density at radius 1 is 1.09 bits per heavy atom. The quantitative estimate of drug-likeness (QED) is 0.339. The highest BCUT2D eigenvalue weighted by Crippen LogP contribution is 2.41. The molecule has 0 unspecified atom stereocenters. The van der Waals surface area contributed by atoms with E-state index in [0.29, 0.717) is 29.4 Å². The number of phenolic OH excluding ortho intramolecular Hbond substituents is 1. The second-order valence-corrected chi connectivity index (χ2v) is 8.15. The highest BCUT2D eigenvalue weighted by Gasteiger charge is 2.46. The molecule has 0 saturated carbocycles. The molecule has 0 aromatic heterocycles. The fraction of sp³-hybridized carbons (Fsp3) is 0.360. The van der Waals surface area contributed by atoms with E-state index in [1.54, 1.807) is 36.4 Å². The number of hydrogen-bond acceptors (Lipinski definition) is 7. The molecule has 1 aliphatic heterocycles. The molecule has 33 heavy (non-hydrogen) atoms. The van der Waals surface area contributed by atoms with E-state index < -0.39 is 17.7 Å². The molecule has 1 heterocycles. The van der Waals surface area contributed by atoms with Crippen molar-refractivity contribution in [3.05, 3.63) is 59.2 Å². The predicted octanol–water partition coefficient (Wildman–Crippen LogP) is 3.50. The number of aliphatic hydroxyl groups is 1. The van der Waals surface area contributed by atoms with E-state index in [0.717, 1.165) is 0 Å². The lowest BCUT2D eigenvalue weighted by Crippen LogP contribution is -2.32. The van der Waals surface area contributed by atoms with Crippen molar-refractivity contribution in [3.8, 4) is 17.2 Å². The first kappa shape index (κ1) is 24.1. The molecule has 2 N–H and O–H groups in total. The summed E-state index contributed by atoms with van der Waals surface area (Å²) >= 11 is 0. The van der Waals surface area contributed by atoms with Gasteiger partial charge in [-0.1, -0.05) is 19.9 Å². The number of aliphatic hydroxyl groups excluding tert-OH is 1. The lowest BCUT2D eigenvalue weighted by atomic mass is 9.95. The molecule has 0 spiro atoms. The Morgan fingerprint density at radius 2 is 1.79 bits per heavy atom. The van der Waals surface area contributed by atoms with Crippen molar-refractivity contribution >= 4 is 17.4 Å². The van der Waals surface area contributed by atoms with Crippen LogP contribution in [0.1, 0.15) is 31.0 Å². The topological polar surface area (TPSA) is 106 Å². The Bertz CT molecular complexity index is 1040. The maximum atomic E-state index is 13.0. The second-order valence-electron chi connectivity index (χ2n) is 8.15. The van der Waals surface area contributed by atoms with E-state index in [2.05, 4.69) is 0 Å². The number of carbonyl (C=O) groups is 2. The van der Waals surface area contributed by atoms with Crippen LogP contribution in [0.4, 0.5) is 0 Å². The minimum absolute atomic E-state index is 0.0419. The van der Waals surface area contributed by atoms with Crippen molar-refractivity contribution in [3.63, 3.8) is 0 Å². The average molecular weight is 456 g/mol. The number of rotatable bonds is 9. The predicted molar refractivity (Wildman–Crippen MR) is 122 cm³/mol. The number of methoxy groups -OCH3 is 2. The van der Waals surface area contributed by atoms with Gasteiger partial charge in [0.05, 0.1) is 31.9 Å². The summed E-state index contributed by atoms with van der Waals surface area (Å²) in [5.41, 5.74) is 0.852. The minimum Gasteiger partial charge on any atom is -0.507 e. The largest absolute Gasteiger partial charge is 0.507 e. The number of hydrogen-bond donors (Lipinski definition) is 2. The third-order valence-electron chi connectivity index (χ3n) is 5.31. The Morgan fingerprint density at radius 3 is 2.39 bits per heavy atom. The zero-order valence-corrected chi connectivity index (χ0v) is 19.2. The van der Waals surface area contributed by atoms with Gasteiger partial charge >= 0.3 is 0 Å². The van der Waals surface area contributed by atoms with Crippen LogP contribution in [0.5, 0.6) is 17.2 Å². The molecule has 0 aliphatic carbocycles. The molecular formula is C25H29NO7. The fourth-order valence-corrected chi connectivity index (χ4v) is 3.64. The van der Waals surface area contributed by atoms with Crippen LogP contribution in [0.2, 0.25) is 0 Å². The summed E-state index contributed by atoms with van der Waals surface area (Å²) in [4.78, 5) is 27.2. The lowest BCUT2D eigenvalue weighted by molar-refractivity contribution is -0.140. The summed E-state index contributed by atoms with van der Waals surface area (Å²) in [5, 5.41) is 21.1. The summed E-state index contributed by atoms with van der Waals surface area (Å²) in [7, 11) is 2.90. The maximum Gasteiger partial charge on any atom is 0.295 e. The molecule has 1 atom stereocenters. The smallest absolute Gasteiger partial charge is 0.295 e. The van der Waals surface area contributed by atoms with Crippen LogP contribution in [-0.4, -0.2) is 60.8 Å². The molecule has 8 nitrogen and oxygen atoms in total. The number of ketones is 1. The van der Waals surface area contributed by atoms with Crippen LogP contribution in [0.25, 0.3) is 5.76 Å². The molecule has 1 saturated heterocycles. The molecule has 1 aliphatic rings. The van der Waals surface area contributed by atoms with Gasteiger partial charge in [-0.25, -0.2) is 0 Å². The van der Waals surface area contributed by atoms with E-state index in [1.165, 1.54) is 25.2 Å². The van der Waals surface area contributed by atoms with Gasteiger partial charge in [0.25, 0.3) is 11.7 Å². The highest BCUT2D eigenvalue weighted by molar-refractivity contribution is 6.46. The normalized spacial score (nSPS) is 17.6. The number of phenols is 1. The number of likely N-dealkylation sites (tertiary alicyclic amines) is 1. The fourth-order valence-electron chi connectivity index (χ4n) is 3.64. The van der Waals surface area contributed by atoms with Gasteiger partial charge in [-0.05, 0) is 47.9 Å². The van der Waals surface area contributed by atoms with Crippen LogP contribution in [-0.2, 0) is 14.3 Å². The van der Waals surface area contributed by atoms with E-state index in [4.69, 9.17) is 14.2 Å². The van der Waals surface area contributed by atoms with Crippen molar-refractivity contribution in [2.75, 3.05) is 34.0 Å². The van der Waals surface area contributed by atoms with Gasteiger partial charge in [-0.2, -0.15) is 0 Å². The van der Waals surface area contributed by atoms with Crippen molar-refractivity contribution in [1.29, 1.82) is 0 Å². The molecule has 8 heteroatoms. The van der Waals surface area contributed by atoms with Crippen molar-refractivity contribution in [2.45, 2.75) is 19.9 Å². The SMILES string of the molecule is COCCN1C(=O)C(=O)C(=C(O)c2ccc(OCC(C)C)cc2)[C@H]1c1ccc(O)c(OC)c1. The van der Waals surface area contributed by atoms with Gasteiger partial charge < -0.3 is 29.3 Å². The Kier molecular flexibility index (Phi) is 7.60. The molecule has 0 bridgehead atoms. The number of nitrogens with zero attached hydrogens (tertiary/aromatic N) is 1. The van der Waals surface area contributed by atoms with E-state index in [-0.39, 0.29) is 36.0 Å². The van der Waals surface area contributed by atoms with E-state index in [1.807, 2.05) is 13.8 Å². The second kappa shape index (κ2) is 10.4. The van der Waals surface area contributed by atoms with Crippen LogP contribution in [0.3, 0.4) is 0 Å². The average Bonchev–Trinajstić information content (AvgIpc) is 3.06. The minimum atomic E-state index is -0.869. The molecular weight excluding hydrogens is 426 g/mol. The van der Waals surface area contributed by atoms with Gasteiger partial charge in [-0.3, -0.25) is 9.59 Å². The number of carbonyl (C=O) groups excluding carboxylic acids is 2. The van der Waals surface area contributed by atoms with Gasteiger partial charge in [0.2, 0.25) is 0 Å². The van der Waals surface area contributed by atoms with Crippen molar-refractivity contribution < 1.29 is 34.0 Å². The van der Waals surface area contributed by atoms with Gasteiger partial charge in [-0.15, -0.1) is 0 Å².